The highest BCUT2D eigenvalue weighted by molar-refractivity contribution is 4.91. The summed E-state index contributed by atoms with van der Waals surface area (Å²) in [5.74, 6) is 0.308. The topological polar surface area (TPSA) is 36.9 Å². The van der Waals surface area contributed by atoms with Gasteiger partial charge in [-0.25, -0.2) is 0 Å². The van der Waals surface area contributed by atoms with Crippen molar-refractivity contribution >= 4 is 0 Å². The highest BCUT2D eigenvalue weighted by Gasteiger charge is 2.41. The maximum Gasteiger partial charge on any atom is 0.0909 e. The molecule has 0 aromatic rings. The molecule has 0 N–H and O–H groups in total. The number of rotatable bonds is 0. The third-order valence-corrected chi connectivity index (χ3v) is 5.57. The van der Waals surface area contributed by atoms with E-state index in [1.54, 1.807) is 0 Å². The lowest BCUT2D eigenvalue weighted by Gasteiger charge is -2.44. The second-order valence-corrected chi connectivity index (χ2v) is 8.82. The molecule has 1 saturated heterocycles. The largest absolute Gasteiger partial charge is 0.373 e. The molecule has 0 aromatic carbocycles. The minimum Gasteiger partial charge on any atom is -0.373 e. The van der Waals surface area contributed by atoms with E-state index in [0.717, 1.165) is 6.42 Å². The molecule has 1 rings (SSSR count). The van der Waals surface area contributed by atoms with Gasteiger partial charge in [0, 0.05) is 19.1 Å². The van der Waals surface area contributed by atoms with Gasteiger partial charge in [0.25, 0.3) is 0 Å². The van der Waals surface area contributed by atoms with Gasteiger partial charge in [-0.1, -0.05) is 6.92 Å². The van der Waals surface area contributed by atoms with Gasteiger partial charge in [0.1, 0.15) is 0 Å². The van der Waals surface area contributed by atoms with E-state index in [2.05, 4.69) is 62.3 Å². The summed E-state index contributed by atoms with van der Waals surface area (Å²) >= 11 is 0. The van der Waals surface area contributed by atoms with Crippen LogP contribution >= 0.6 is 0 Å². The van der Waals surface area contributed by atoms with Crippen LogP contribution in [-0.2, 0) is 18.9 Å². The zero-order valence-corrected chi connectivity index (χ0v) is 16.7. The first kappa shape index (κ1) is 20.9. The first-order valence-corrected chi connectivity index (χ1v) is 8.87. The van der Waals surface area contributed by atoms with Crippen LogP contribution in [0.4, 0.5) is 0 Å². The maximum absolute atomic E-state index is 6.19. The Labute approximate surface area is 143 Å². The van der Waals surface area contributed by atoms with Gasteiger partial charge in [0.05, 0.1) is 35.6 Å². The molecule has 0 amide bonds. The molecule has 0 atom stereocenters. The van der Waals surface area contributed by atoms with Crippen LogP contribution in [0.3, 0.4) is 0 Å². The first-order chi connectivity index (χ1) is 10.3. The number of ether oxygens (including phenoxy) is 4. The van der Waals surface area contributed by atoms with Gasteiger partial charge in [0.15, 0.2) is 0 Å². The molecule has 1 fully saturated rings. The predicted octanol–water partition coefficient (Wildman–Crippen LogP) is 4.21. The predicted molar refractivity (Wildman–Crippen MR) is 93.9 cm³/mol. The van der Waals surface area contributed by atoms with Crippen molar-refractivity contribution in [3.8, 4) is 0 Å². The van der Waals surface area contributed by atoms with Crippen LogP contribution in [0, 0.1) is 5.92 Å². The Balaban J connectivity index is 2.84. The number of hydrogen-bond acceptors (Lipinski definition) is 4. The second kappa shape index (κ2) is 7.38. The van der Waals surface area contributed by atoms with E-state index in [-0.39, 0.29) is 22.4 Å². The van der Waals surface area contributed by atoms with E-state index in [4.69, 9.17) is 18.9 Å². The van der Waals surface area contributed by atoms with Gasteiger partial charge >= 0.3 is 0 Å². The van der Waals surface area contributed by atoms with Crippen LogP contribution in [0.2, 0.25) is 0 Å². The summed E-state index contributed by atoms with van der Waals surface area (Å²) < 4.78 is 24.6. The zero-order valence-electron chi connectivity index (χ0n) is 16.7. The standard InChI is InChI=1S/C19H38O4/c1-15-13-22-18(6,7)16(2,3)20-11-10-12-21-17(4,5)19(8,9)23-14-15/h15H,10-14H2,1-9H3. The Hall–Kier alpha value is -0.160. The normalized spacial score (nSPS) is 29.6. The SMILES string of the molecule is CC1COC(C)(C)C(C)(C)OCCCOC(C)(C)C(C)(C)OC1. The average Bonchev–Trinajstić information content (AvgIpc) is 2.41. The van der Waals surface area contributed by atoms with Gasteiger partial charge in [0.2, 0.25) is 0 Å². The molecule has 0 saturated carbocycles. The van der Waals surface area contributed by atoms with E-state index < -0.39 is 0 Å². The molecule has 23 heavy (non-hydrogen) atoms. The molecule has 4 heteroatoms. The van der Waals surface area contributed by atoms with Crippen molar-refractivity contribution < 1.29 is 18.9 Å². The van der Waals surface area contributed by atoms with E-state index >= 15 is 0 Å². The van der Waals surface area contributed by atoms with Crippen LogP contribution in [0.5, 0.6) is 0 Å². The van der Waals surface area contributed by atoms with E-state index in [0.29, 0.717) is 32.3 Å². The molecule has 4 nitrogen and oxygen atoms in total. The van der Waals surface area contributed by atoms with Crippen LogP contribution in [0.15, 0.2) is 0 Å². The monoisotopic (exact) mass is 330 g/mol. The van der Waals surface area contributed by atoms with Crippen molar-refractivity contribution in [1.82, 2.24) is 0 Å². The Morgan fingerprint density at radius 2 is 0.870 bits per heavy atom. The zero-order chi connectivity index (χ0) is 17.9. The van der Waals surface area contributed by atoms with Gasteiger partial charge in [-0.05, 0) is 61.8 Å². The van der Waals surface area contributed by atoms with E-state index in [9.17, 15) is 0 Å². The first-order valence-electron chi connectivity index (χ1n) is 8.87. The van der Waals surface area contributed by atoms with E-state index in [1.165, 1.54) is 0 Å². The van der Waals surface area contributed by atoms with Crippen molar-refractivity contribution in [2.24, 2.45) is 5.92 Å². The van der Waals surface area contributed by atoms with Crippen molar-refractivity contribution in [3.63, 3.8) is 0 Å². The molecule has 138 valence electrons. The Morgan fingerprint density at radius 1 is 0.565 bits per heavy atom. The summed E-state index contributed by atoms with van der Waals surface area (Å²) in [5.41, 5.74) is -1.43. The fourth-order valence-corrected chi connectivity index (χ4v) is 2.16. The molecule has 1 aliphatic heterocycles. The van der Waals surface area contributed by atoms with Crippen LogP contribution in [0.25, 0.3) is 0 Å². The lowest BCUT2D eigenvalue weighted by atomic mass is 9.88. The summed E-state index contributed by atoms with van der Waals surface area (Å²) in [6, 6.07) is 0. The van der Waals surface area contributed by atoms with Crippen molar-refractivity contribution in [2.45, 2.75) is 91.1 Å². The Bertz CT molecular complexity index is 338. The third-order valence-electron chi connectivity index (χ3n) is 5.57. The van der Waals surface area contributed by atoms with Crippen molar-refractivity contribution in [1.29, 1.82) is 0 Å². The summed E-state index contributed by atoms with van der Waals surface area (Å²) in [5, 5.41) is 0. The van der Waals surface area contributed by atoms with Gasteiger partial charge < -0.3 is 18.9 Å². The smallest absolute Gasteiger partial charge is 0.0909 e. The molecule has 0 bridgehead atoms. The molecule has 0 aliphatic carbocycles. The highest BCUT2D eigenvalue weighted by Crippen LogP contribution is 2.32. The quantitative estimate of drug-likeness (QED) is 0.667. The lowest BCUT2D eigenvalue weighted by Crippen LogP contribution is -2.52. The summed E-state index contributed by atoms with van der Waals surface area (Å²) in [7, 11) is 0. The average molecular weight is 331 g/mol. The molecule has 0 radical (unpaired) electrons. The van der Waals surface area contributed by atoms with Crippen LogP contribution < -0.4 is 0 Å². The lowest BCUT2D eigenvalue weighted by molar-refractivity contribution is -0.209. The van der Waals surface area contributed by atoms with Crippen LogP contribution in [0.1, 0.15) is 68.7 Å². The fourth-order valence-electron chi connectivity index (χ4n) is 2.16. The van der Waals surface area contributed by atoms with Gasteiger partial charge in [-0.15, -0.1) is 0 Å². The second-order valence-electron chi connectivity index (χ2n) is 8.82. The molecule has 0 aromatic heterocycles. The van der Waals surface area contributed by atoms with Gasteiger partial charge in [-0.3, -0.25) is 0 Å². The van der Waals surface area contributed by atoms with Gasteiger partial charge in [-0.2, -0.15) is 0 Å². The molecule has 1 aliphatic rings. The minimum atomic E-state index is -0.360. The highest BCUT2D eigenvalue weighted by atomic mass is 16.6. The molecule has 0 unspecified atom stereocenters. The minimum absolute atomic E-state index is 0.308. The Morgan fingerprint density at radius 3 is 1.22 bits per heavy atom. The van der Waals surface area contributed by atoms with Crippen LogP contribution in [-0.4, -0.2) is 48.8 Å². The van der Waals surface area contributed by atoms with E-state index in [1.807, 2.05) is 0 Å². The summed E-state index contributed by atoms with van der Waals surface area (Å²) in [6.07, 6.45) is 0.857. The maximum atomic E-state index is 6.19. The molecule has 1 heterocycles. The Kier molecular flexibility index (Phi) is 6.70. The summed E-state index contributed by atoms with van der Waals surface area (Å²) in [6.45, 7) is 21.5. The van der Waals surface area contributed by atoms with Crippen molar-refractivity contribution in [3.05, 3.63) is 0 Å². The fraction of sp³-hybridized carbons (Fsp3) is 1.00. The molecular formula is C19H38O4. The molecule has 0 spiro atoms. The van der Waals surface area contributed by atoms with Crippen molar-refractivity contribution in [2.75, 3.05) is 26.4 Å². The molecular weight excluding hydrogens is 292 g/mol. The summed E-state index contributed by atoms with van der Waals surface area (Å²) in [4.78, 5) is 0. The number of hydrogen-bond donors (Lipinski definition) is 0. The third kappa shape index (κ3) is 5.42.